The van der Waals surface area contributed by atoms with Gasteiger partial charge in [-0.3, -0.25) is 4.98 Å². The highest BCUT2D eigenvalue weighted by Crippen LogP contribution is 2.44. The molecule has 0 aromatic carbocycles. The van der Waals surface area contributed by atoms with Crippen LogP contribution in [-0.4, -0.2) is 17.6 Å². The summed E-state index contributed by atoms with van der Waals surface area (Å²) in [4.78, 5) is 4.62. The molecule has 1 saturated carbocycles. The highest BCUT2D eigenvalue weighted by molar-refractivity contribution is 5.19. The zero-order valence-corrected chi connectivity index (χ0v) is 13.4. The Morgan fingerprint density at radius 2 is 2.05 bits per heavy atom. The Hall–Kier alpha value is -0.890. The third-order valence-corrected chi connectivity index (χ3v) is 5.20. The zero-order valence-electron chi connectivity index (χ0n) is 13.4. The number of aromatic nitrogens is 1. The number of nitrogens with zero attached hydrogens (tertiary/aromatic N) is 1. The summed E-state index contributed by atoms with van der Waals surface area (Å²) in [5, 5.41) is 3.84. The fourth-order valence-electron chi connectivity index (χ4n) is 3.78. The number of pyridine rings is 1. The molecule has 1 fully saturated rings. The molecule has 1 atom stereocenters. The number of rotatable bonds is 7. The smallest absolute Gasteiger partial charge is 0.0448 e. The van der Waals surface area contributed by atoms with Crippen molar-refractivity contribution in [2.75, 3.05) is 6.54 Å². The van der Waals surface area contributed by atoms with Gasteiger partial charge < -0.3 is 5.32 Å². The predicted molar refractivity (Wildman–Crippen MR) is 86.0 cm³/mol. The van der Waals surface area contributed by atoms with E-state index in [0.717, 1.165) is 13.0 Å². The third kappa shape index (κ3) is 3.41. The zero-order chi connectivity index (χ0) is 14.4. The van der Waals surface area contributed by atoms with Crippen LogP contribution in [0.4, 0.5) is 0 Å². The van der Waals surface area contributed by atoms with Crippen LogP contribution in [0, 0.1) is 12.3 Å². The number of aryl methyl sites for hydroxylation is 1. The highest BCUT2D eigenvalue weighted by atomic mass is 14.9. The molecule has 112 valence electrons. The van der Waals surface area contributed by atoms with Gasteiger partial charge >= 0.3 is 0 Å². The second kappa shape index (κ2) is 7.21. The second-order valence-electron chi connectivity index (χ2n) is 6.40. The van der Waals surface area contributed by atoms with Gasteiger partial charge in [0.2, 0.25) is 0 Å². The van der Waals surface area contributed by atoms with Crippen molar-refractivity contribution in [2.24, 2.45) is 5.41 Å². The Kier molecular flexibility index (Phi) is 5.59. The summed E-state index contributed by atoms with van der Waals surface area (Å²) < 4.78 is 0. The summed E-state index contributed by atoms with van der Waals surface area (Å²) in [7, 11) is 0. The van der Waals surface area contributed by atoms with Crippen LogP contribution in [0.3, 0.4) is 0 Å². The molecule has 2 nitrogen and oxygen atoms in total. The number of nitrogens with one attached hydrogen (secondary N) is 1. The third-order valence-electron chi connectivity index (χ3n) is 5.20. The van der Waals surface area contributed by atoms with Gasteiger partial charge in [0.05, 0.1) is 0 Å². The topological polar surface area (TPSA) is 24.9 Å². The molecule has 1 aliphatic carbocycles. The summed E-state index contributed by atoms with van der Waals surface area (Å²) in [6, 6.07) is 4.81. The summed E-state index contributed by atoms with van der Waals surface area (Å²) in [5.74, 6) is 0. The van der Waals surface area contributed by atoms with E-state index >= 15 is 0 Å². The lowest BCUT2D eigenvalue weighted by Crippen LogP contribution is -2.45. The molecule has 1 aliphatic rings. The van der Waals surface area contributed by atoms with E-state index < -0.39 is 0 Å². The van der Waals surface area contributed by atoms with Gasteiger partial charge in [-0.1, -0.05) is 32.8 Å². The van der Waals surface area contributed by atoms with E-state index in [4.69, 9.17) is 0 Å². The molecule has 2 heteroatoms. The minimum atomic E-state index is 0.499. The van der Waals surface area contributed by atoms with Gasteiger partial charge in [-0.2, -0.15) is 0 Å². The van der Waals surface area contributed by atoms with Gasteiger partial charge in [0.15, 0.2) is 0 Å². The van der Waals surface area contributed by atoms with E-state index in [-0.39, 0.29) is 0 Å². The molecule has 0 saturated heterocycles. The molecule has 20 heavy (non-hydrogen) atoms. The van der Waals surface area contributed by atoms with Crippen LogP contribution in [-0.2, 0) is 6.42 Å². The van der Waals surface area contributed by atoms with Gasteiger partial charge in [-0.05, 0) is 56.2 Å². The molecule has 0 aliphatic heterocycles. The van der Waals surface area contributed by atoms with Crippen LogP contribution < -0.4 is 5.32 Å². The highest BCUT2D eigenvalue weighted by Gasteiger charge is 2.39. The van der Waals surface area contributed by atoms with Crippen molar-refractivity contribution in [2.45, 2.75) is 71.8 Å². The summed E-state index contributed by atoms with van der Waals surface area (Å²) in [5.41, 5.74) is 3.11. The molecule has 1 unspecified atom stereocenters. The Morgan fingerprint density at radius 3 is 2.65 bits per heavy atom. The lowest BCUT2D eigenvalue weighted by atomic mass is 9.74. The molecule has 0 bridgehead atoms. The van der Waals surface area contributed by atoms with E-state index in [1.165, 1.54) is 49.8 Å². The van der Waals surface area contributed by atoms with Crippen molar-refractivity contribution in [1.29, 1.82) is 0 Å². The van der Waals surface area contributed by atoms with Gasteiger partial charge in [-0.15, -0.1) is 0 Å². The lowest BCUT2D eigenvalue weighted by Gasteiger charge is -2.38. The fraction of sp³-hybridized carbons (Fsp3) is 0.722. The van der Waals surface area contributed by atoms with Crippen molar-refractivity contribution in [3.05, 3.63) is 29.6 Å². The minimum absolute atomic E-state index is 0.499. The largest absolute Gasteiger partial charge is 0.313 e. The molecular weight excluding hydrogens is 244 g/mol. The monoisotopic (exact) mass is 274 g/mol. The summed E-state index contributed by atoms with van der Waals surface area (Å²) >= 11 is 0. The lowest BCUT2D eigenvalue weighted by molar-refractivity contribution is 0.183. The fourth-order valence-corrected chi connectivity index (χ4v) is 3.78. The SMILES string of the molecule is CCCNC(Cc1ncccc1C)C1(CC)CCCC1. The van der Waals surface area contributed by atoms with E-state index in [2.05, 4.69) is 37.1 Å². The molecule has 2 rings (SSSR count). The Labute approximate surface area is 124 Å². The maximum atomic E-state index is 4.62. The van der Waals surface area contributed by atoms with Crippen molar-refractivity contribution in [3.8, 4) is 0 Å². The normalized spacial score (nSPS) is 19.1. The molecule has 0 spiro atoms. The predicted octanol–water partition coefficient (Wildman–Crippen LogP) is 4.27. The first kappa shape index (κ1) is 15.5. The molecule has 1 N–H and O–H groups in total. The Bertz CT molecular complexity index is 408. The average Bonchev–Trinajstić information content (AvgIpc) is 2.95. The Morgan fingerprint density at radius 1 is 1.30 bits per heavy atom. The first-order valence-electron chi connectivity index (χ1n) is 8.35. The Balaban J connectivity index is 2.17. The standard InChI is InChI=1S/C18H30N2/c1-4-12-20-17(18(5-2)10-6-7-11-18)14-16-15(3)9-8-13-19-16/h8-9,13,17,20H,4-7,10-12,14H2,1-3H3. The average molecular weight is 274 g/mol. The maximum absolute atomic E-state index is 4.62. The molecule has 1 heterocycles. The van der Waals surface area contributed by atoms with Crippen LogP contribution >= 0.6 is 0 Å². The molecule has 1 aromatic heterocycles. The first-order chi connectivity index (χ1) is 9.72. The molecule has 1 aromatic rings. The van der Waals surface area contributed by atoms with Crippen LogP contribution in [0.25, 0.3) is 0 Å². The van der Waals surface area contributed by atoms with Gasteiger partial charge in [0.25, 0.3) is 0 Å². The van der Waals surface area contributed by atoms with E-state index in [9.17, 15) is 0 Å². The van der Waals surface area contributed by atoms with Gasteiger partial charge in [-0.25, -0.2) is 0 Å². The van der Waals surface area contributed by atoms with Crippen molar-refractivity contribution in [1.82, 2.24) is 10.3 Å². The van der Waals surface area contributed by atoms with Gasteiger partial charge in [0, 0.05) is 24.4 Å². The second-order valence-corrected chi connectivity index (χ2v) is 6.40. The maximum Gasteiger partial charge on any atom is 0.0448 e. The summed E-state index contributed by atoms with van der Waals surface area (Å²) in [6.07, 6.45) is 11.1. The van der Waals surface area contributed by atoms with E-state index in [1.807, 2.05) is 12.3 Å². The van der Waals surface area contributed by atoms with Crippen molar-refractivity contribution in [3.63, 3.8) is 0 Å². The minimum Gasteiger partial charge on any atom is -0.313 e. The molecule has 0 amide bonds. The number of hydrogen-bond acceptors (Lipinski definition) is 2. The van der Waals surface area contributed by atoms with Crippen LogP contribution in [0.15, 0.2) is 18.3 Å². The van der Waals surface area contributed by atoms with Crippen LogP contribution in [0.2, 0.25) is 0 Å². The molecule has 0 radical (unpaired) electrons. The van der Waals surface area contributed by atoms with E-state index in [0.29, 0.717) is 11.5 Å². The quantitative estimate of drug-likeness (QED) is 0.803. The van der Waals surface area contributed by atoms with E-state index in [1.54, 1.807) is 0 Å². The number of hydrogen-bond donors (Lipinski definition) is 1. The summed E-state index contributed by atoms with van der Waals surface area (Å²) in [6.45, 7) is 7.94. The van der Waals surface area contributed by atoms with Crippen molar-refractivity contribution < 1.29 is 0 Å². The van der Waals surface area contributed by atoms with Crippen LogP contribution in [0.5, 0.6) is 0 Å². The van der Waals surface area contributed by atoms with Crippen molar-refractivity contribution >= 4 is 0 Å². The first-order valence-corrected chi connectivity index (χ1v) is 8.35. The van der Waals surface area contributed by atoms with Gasteiger partial charge in [0.1, 0.15) is 0 Å². The molecular formula is C18H30N2. The van der Waals surface area contributed by atoms with Crippen LogP contribution in [0.1, 0.15) is 63.6 Å².